The summed E-state index contributed by atoms with van der Waals surface area (Å²) in [5, 5.41) is 1.10. The van der Waals surface area contributed by atoms with Crippen molar-refractivity contribution in [2.24, 2.45) is 11.5 Å². The fraction of sp³-hybridized carbons (Fsp3) is 0.750. The first-order valence-corrected chi connectivity index (χ1v) is 5.99. The highest BCUT2D eigenvalue weighted by molar-refractivity contribution is 7.86. The van der Waals surface area contributed by atoms with Crippen LogP contribution in [0.2, 0.25) is 0 Å². The second-order valence-electron chi connectivity index (χ2n) is 3.21. The summed E-state index contributed by atoms with van der Waals surface area (Å²) < 4.78 is 11.6. The standard InChI is InChI=1S/C8H17N3O3S/c1-3-6(9)4-15(14)5(2)7(12)11-8(10)13/h5-6H,3-4,9H2,1-2H3,(H3,10,11,12,13). The predicted octanol–water partition coefficient (Wildman–Crippen LogP) is -0.944. The van der Waals surface area contributed by atoms with Crippen LogP contribution in [0.4, 0.5) is 4.79 Å². The number of amides is 3. The van der Waals surface area contributed by atoms with Gasteiger partial charge >= 0.3 is 6.03 Å². The second-order valence-corrected chi connectivity index (χ2v) is 5.01. The quantitative estimate of drug-likeness (QED) is 0.570. The first-order valence-electron chi connectivity index (χ1n) is 4.61. The maximum Gasteiger partial charge on any atom is 0.318 e. The lowest BCUT2D eigenvalue weighted by Crippen LogP contribution is -2.43. The van der Waals surface area contributed by atoms with Gasteiger partial charge in [0.25, 0.3) is 0 Å². The minimum atomic E-state index is -1.39. The Morgan fingerprint density at radius 2 is 2.00 bits per heavy atom. The van der Waals surface area contributed by atoms with Gasteiger partial charge in [0.2, 0.25) is 5.91 Å². The van der Waals surface area contributed by atoms with E-state index in [1.54, 1.807) is 0 Å². The van der Waals surface area contributed by atoms with Crippen LogP contribution < -0.4 is 16.8 Å². The molecule has 6 nitrogen and oxygen atoms in total. The molecule has 0 heterocycles. The molecule has 0 bridgehead atoms. The van der Waals surface area contributed by atoms with Gasteiger partial charge in [-0.3, -0.25) is 14.3 Å². The molecule has 88 valence electrons. The largest absolute Gasteiger partial charge is 0.351 e. The molecule has 3 unspecified atom stereocenters. The average molecular weight is 235 g/mol. The van der Waals surface area contributed by atoms with Crippen LogP contribution in [0.25, 0.3) is 0 Å². The Morgan fingerprint density at radius 3 is 2.40 bits per heavy atom. The minimum Gasteiger partial charge on any atom is -0.351 e. The van der Waals surface area contributed by atoms with Crippen LogP contribution >= 0.6 is 0 Å². The third-order valence-electron chi connectivity index (χ3n) is 1.91. The average Bonchev–Trinajstić information content (AvgIpc) is 2.15. The van der Waals surface area contributed by atoms with Gasteiger partial charge in [0.1, 0.15) is 5.25 Å². The summed E-state index contributed by atoms with van der Waals surface area (Å²) in [5.41, 5.74) is 10.4. The molecule has 0 aliphatic rings. The van der Waals surface area contributed by atoms with Crippen molar-refractivity contribution in [3.8, 4) is 0 Å². The molecule has 0 radical (unpaired) electrons. The molecule has 3 amide bonds. The Hall–Kier alpha value is -0.950. The zero-order valence-electron chi connectivity index (χ0n) is 8.86. The molecule has 0 aliphatic carbocycles. The predicted molar refractivity (Wildman–Crippen MR) is 58.5 cm³/mol. The zero-order valence-corrected chi connectivity index (χ0v) is 9.67. The smallest absolute Gasteiger partial charge is 0.318 e. The van der Waals surface area contributed by atoms with Crippen molar-refractivity contribution in [1.29, 1.82) is 0 Å². The molecule has 0 aliphatic heterocycles. The number of nitrogens with one attached hydrogen (secondary N) is 1. The Balaban J connectivity index is 4.19. The number of carbonyl (C=O) groups is 2. The zero-order chi connectivity index (χ0) is 12.0. The van der Waals surface area contributed by atoms with E-state index in [0.29, 0.717) is 6.42 Å². The number of carbonyl (C=O) groups excluding carboxylic acids is 2. The normalized spacial score (nSPS) is 16.5. The lowest BCUT2D eigenvalue weighted by Gasteiger charge is -2.13. The van der Waals surface area contributed by atoms with Gasteiger partial charge in [-0.25, -0.2) is 4.79 Å². The summed E-state index contributed by atoms with van der Waals surface area (Å²) in [6.45, 7) is 3.34. The summed E-state index contributed by atoms with van der Waals surface area (Å²) in [6.07, 6.45) is 0.690. The van der Waals surface area contributed by atoms with Gasteiger partial charge < -0.3 is 11.5 Å². The molecule has 0 fully saturated rings. The van der Waals surface area contributed by atoms with E-state index in [1.165, 1.54) is 6.92 Å². The Bertz CT molecular complexity index is 270. The van der Waals surface area contributed by atoms with Crippen LogP contribution in [0.15, 0.2) is 0 Å². The molecule has 0 rings (SSSR count). The van der Waals surface area contributed by atoms with Gasteiger partial charge in [0, 0.05) is 22.6 Å². The van der Waals surface area contributed by atoms with Crippen LogP contribution in [0.3, 0.4) is 0 Å². The van der Waals surface area contributed by atoms with E-state index in [-0.39, 0.29) is 11.8 Å². The van der Waals surface area contributed by atoms with Gasteiger partial charge in [0.05, 0.1) is 0 Å². The number of hydrogen-bond acceptors (Lipinski definition) is 4. The van der Waals surface area contributed by atoms with Crippen molar-refractivity contribution < 1.29 is 13.8 Å². The highest BCUT2D eigenvalue weighted by atomic mass is 32.2. The first-order chi connectivity index (χ1) is 6.88. The molecular formula is C8H17N3O3S. The topological polar surface area (TPSA) is 115 Å². The van der Waals surface area contributed by atoms with Crippen LogP contribution in [0, 0.1) is 0 Å². The van der Waals surface area contributed by atoms with Crippen LogP contribution in [0.5, 0.6) is 0 Å². The summed E-state index contributed by atoms with van der Waals surface area (Å²) in [4.78, 5) is 21.6. The number of imide groups is 1. The Kier molecular flexibility index (Phi) is 6.11. The van der Waals surface area contributed by atoms with Crippen molar-refractivity contribution in [2.45, 2.75) is 31.6 Å². The van der Waals surface area contributed by atoms with Crippen LogP contribution in [-0.4, -0.2) is 33.2 Å². The minimum absolute atomic E-state index is 0.199. The van der Waals surface area contributed by atoms with Crippen LogP contribution in [0.1, 0.15) is 20.3 Å². The lowest BCUT2D eigenvalue weighted by molar-refractivity contribution is -0.119. The molecule has 0 spiro atoms. The highest BCUT2D eigenvalue weighted by Gasteiger charge is 2.22. The number of urea groups is 1. The summed E-state index contributed by atoms with van der Waals surface area (Å²) >= 11 is 0. The number of hydrogen-bond donors (Lipinski definition) is 3. The van der Waals surface area contributed by atoms with Crippen molar-refractivity contribution in [3.05, 3.63) is 0 Å². The number of rotatable bonds is 5. The molecule has 0 aromatic carbocycles. The fourth-order valence-corrected chi connectivity index (χ4v) is 2.06. The molecule has 0 aromatic heterocycles. The van der Waals surface area contributed by atoms with E-state index in [1.807, 2.05) is 12.2 Å². The van der Waals surface area contributed by atoms with E-state index in [4.69, 9.17) is 11.5 Å². The third-order valence-corrected chi connectivity index (χ3v) is 3.67. The van der Waals surface area contributed by atoms with Crippen molar-refractivity contribution >= 4 is 22.7 Å². The third kappa shape index (κ3) is 5.48. The molecule has 0 saturated carbocycles. The van der Waals surface area contributed by atoms with Crippen molar-refractivity contribution in [2.75, 3.05) is 5.75 Å². The lowest BCUT2D eigenvalue weighted by atomic mass is 10.3. The van der Waals surface area contributed by atoms with E-state index in [9.17, 15) is 13.8 Å². The fourth-order valence-electron chi connectivity index (χ4n) is 0.816. The van der Waals surface area contributed by atoms with Gasteiger partial charge in [-0.15, -0.1) is 0 Å². The SMILES string of the molecule is CCC(N)CS(=O)C(C)C(=O)NC(N)=O. The number of primary amides is 1. The molecule has 5 N–H and O–H groups in total. The number of nitrogens with two attached hydrogens (primary N) is 2. The van der Waals surface area contributed by atoms with Gasteiger partial charge in [-0.2, -0.15) is 0 Å². The summed E-state index contributed by atoms with van der Waals surface area (Å²) in [7, 11) is -1.39. The van der Waals surface area contributed by atoms with Crippen molar-refractivity contribution in [1.82, 2.24) is 5.32 Å². The Morgan fingerprint density at radius 1 is 1.47 bits per heavy atom. The monoisotopic (exact) mass is 235 g/mol. The Labute approximate surface area is 91.2 Å². The van der Waals surface area contributed by atoms with Crippen molar-refractivity contribution in [3.63, 3.8) is 0 Å². The van der Waals surface area contributed by atoms with E-state index in [0.717, 1.165) is 0 Å². The summed E-state index contributed by atoms with van der Waals surface area (Å²) in [5.74, 6) is -0.395. The van der Waals surface area contributed by atoms with Crippen LogP contribution in [-0.2, 0) is 15.6 Å². The molecule has 15 heavy (non-hydrogen) atoms. The van der Waals surface area contributed by atoms with E-state index in [2.05, 4.69) is 0 Å². The maximum absolute atomic E-state index is 11.6. The molecule has 7 heteroatoms. The van der Waals surface area contributed by atoms with Gasteiger partial charge in [-0.05, 0) is 13.3 Å². The molecule has 3 atom stereocenters. The molecule has 0 saturated heterocycles. The highest BCUT2D eigenvalue weighted by Crippen LogP contribution is 2.00. The molecule has 0 aromatic rings. The van der Waals surface area contributed by atoms with Gasteiger partial charge in [-0.1, -0.05) is 6.92 Å². The molecular weight excluding hydrogens is 218 g/mol. The van der Waals surface area contributed by atoms with E-state index >= 15 is 0 Å². The summed E-state index contributed by atoms with van der Waals surface area (Å²) in [6, 6.07) is -1.14. The first kappa shape index (κ1) is 14.1. The second kappa shape index (κ2) is 6.52. The van der Waals surface area contributed by atoms with Gasteiger partial charge in [0.15, 0.2) is 0 Å². The van der Waals surface area contributed by atoms with E-state index < -0.39 is 28.0 Å². The maximum atomic E-state index is 11.6.